The number of nitrogens with zero attached hydrogens (tertiary/aromatic N) is 2. The second kappa shape index (κ2) is 7.67. The lowest BCUT2D eigenvalue weighted by molar-refractivity contribution is -0.139. The van der Waals surface area contributed by atoms with Crippen molar-refractivity contribution in [2.75, 3.05) is 20.2 Å². The van der Waals surface area contributed by atoms with Crippen LogP contribution >= 0.6 is 0 Å². The number of halogens is 3. The Morgan fingerprint density at radius 1 is 1.33 bits per heavy atom. The molecule has 0 saturated carbocycles. The first kappa shape index (κ1) is 18.3. The molecule has 0 bridgehead atoms. The summed E-state index contributed by atoms with van der Waals surface area (Å²) >= 11 is 0. The van der Waals surface area contributed by atoms with Crippen molar-refractivity contribution in [3.8, 4) is 5.75 Å². The van der Waals surface area contributed by atoms with Crippen LogP contribution in [0.5, 0.6) is 5.75 Å². The molecule has 132 valence electrons. The Bertz CT molecular complexity index is 658. The van der Waals surface area contributed by atoms with Crippen molar-refractivity contribution in [3.05, 3.63) is 47.3 Å². The summed E-state index contributed by atoms with van der Waals surface area (Å²) in [5.41, 5.74) is -0.144. The molecule has 0 aliphatic rings. The average molecular weight is 344 g/mol. The van der Waals surface area contributed by atoms with Gasteiger partial charge in [-0.15, -0.1) is 0 Å². The Hall–Kier alpha value is -2.06. The fourth-order valence-corrected chi connectivity index (χ4v) is 2.26. The first-order valence-electron chi connectivity index (χ1n) is 7.33. The lowest BCUT2D eigenvalue weighted by Gasteiger charge is -2.20. The van der Waals surface area contributed by atoms with Gasteiger partial charge in [-0.2, -0.15) is 13.2 Å². The molecule has 0 spiro atoms. The van der Waals surface area contributed by atoms with Gasteiger partial charge in [-0.3, -0.25) is 4.90 Å². The number of aliphatic hydroxyl groups excluding tert-OH is 1. The zero-order chi connectivity index (χ0) is 17.7. The van der Waals surface area contributed by atoms with Crippen molar-refractivity contribution in [2.24, 2.45) is 0 Å². The first-order valence-corrected chi connectivity index (χ1v) is 7.33. The molecule has 24 heavy (non-hydrogen) atoms. The number of alkyl halides is 3. The SMILES string of the molecule is Cc1cc(CN(C)CC(O)COc2ccccc2C(F)(F)F)no1. The van der Waals surface area contributed by atoms with Crippen LogP contribution in [0, 0.1) is 6.92 Å². The van der Waals surface area contributed by atoms with Crippen molar-refractivity contribution in [1.82, 2.24) is 10.1 Å². The molecule has 1 N–H and O–H groups in total. The Balaban J connectivity index is 1.86. The second-order valence-corrected chi connectivity index (χ2v) is 5.58. The molecule has 2 rings (SSSR count). The van der Waals surface area contributed by atoms with Crippen LogP contribution in [0.1, 0.15) is 17.0 Å². The number of ether oxygens (including phenoxy) is 1. The molecule has 1 aromatic carbocycles. The van der Waals surface area contributed by atoms with E-state index in [1.54, 1.807) is 24.9 Å². The van der Waals surface area contributed by atoms with Gasteiger partial charge in [0.1, 0.15) is 24.2 Å². The van der Waals surface area contributed by atoms with Crippen LogP contribution in [0.15, 0.2) is 34.9 Å². The van der Waals surface area contributed by atoms with Gasteiger partial charge in [-0.05, 0) is 26.1 Å². The highest BCUT2D eigenvalue weighted by Gasteiger charge is 2.34. The third-order valence-corrected chi connectivity index (χ3v) is 3.25. The molecular formula is C16H19F3N2O3. The van der Waals surface area contributed by atoms with Gasteiger partial charge < -0.3 is 14.4 Å². The maximum absolute atomic E-state index is 12.9. The van der Waals surface area contributed by atoms with Crippen LogP contribution in [0.4, 0.5) is 13.2 Å². The number of hydrogen-bond donors (Lipinski definition) is 1. The summed E-state index contributed by atoms with van der Waals surface area (Å²) in [5.74, 6) is 0.393. The Labute approximate surface area is 137 Å². The molecule has 0 aliphatic carbocycles. The minimum absolute atomic E-state index is 0.222. The zero-order valence-corrected chi connectivity index (χ0v) is 13.4. The standard InChI is InChI=1S/C16H19F3N2O3/c1-11-7-12(20-24-11)8-21(2)9-13(22)10-23-15-6-4-3-5-14(15)16(17,18)19/h3-7,13,22H,8-10H2,1-2H3. The Morgan fingerprint density at radius 2 is 2.04 bits per heavy atom. The van der Waals surface area contributed by atoms with Crippen LogP contribution in [0.3, 0.4) is 0 Å². The molecule has 2 aromatic rings. The number of rotatable bonds is 7. The van der Waals surface area contributed by atoms with Crippen LogP contribution in [-0.2, 0) is 12.7 Å². The van der Waals surface area contributed by atoms with Crippen molar-refractivity contribution >= 4 is 0 Å². The number of aryl methyl sites for hydroxylation is 1. The van der Waals surface area contributed by atoms with Gasteiger partial charge in [0.15, 0.2) is 0 Å². The van der Waals surface area contributed by atoms with Crippen LogP contribution in [0.2, 0.25) is 0 Å². The van der Waals surface area contributed by atoms with E-state index in [0.717, 1.165) is 6.07 Å². The zero-order valence-electron chi connectivity index (χ0n) is 13.4. The van der Waals surface area contributed by atoms with Gasteiger partial charge in [0.2, 0.25) is 0 Å². The molecule has 1 unspecified atom stereocenters. The topological polar surface area (TPSA) is 58.7 Å². The summed E-state index contributed by atoms with van der Waals surface area (Å²) < 4.78 is 48.7. The summed E-state index contributed by atoms with van der Waals surface area (Å²) in [5, 5.41) is 13.8. The van der Waals surface area contributed by atoms with E-state index in [9.17, 15) is 18.3 Å². The number of para-hydroxylation sites is 1. The number of hydrogen-bond acceptors (Lipinski definition) is 5. The van der Waals surface area contributed by atoms with Gasteiger partial charge in [0.05, 0.1) is 11.3 Å². The Morgan fingerprint density at radius 3 is 2.67 bits per heavy atom. The molecule has 0 amide bonds. The van der Waals surface area contributed by atoms with Crippen molar-refractivity contribution < 1.29 is 27.5 Å². The molecular weight excluding hydrogens is 325 g/mol. The second-order valence-electron chi connectivity index (χ2n) is 5.58. The molecule has 1 aromatic heterocycles. The summed E-state index contributed by atoms with van der Waals surface area (Å²) in [6.45, 7) is 2.21. The molecule has 5 nitrogen and oxygen atoms in total. The highest BCUT2D eigenvalue weighted by Crippen LogP contribution is 2.35. The van der Waals surface area contributed by atoms with E-state index in [4.69, 9.17) is 9.26 Å². The molecule has 0 saturated heterocycles. The van der Waals surface area contributed by atoms with E-state index in [2.05, 4.69) is 5.16 Å². The first-order chi connectivity index (χ1) is 11.3. The van der Waals surface area contributed by atoms with Gasteiger partial charge in [-0.25, -0.2) is 0 Å². The Kier molecular flexibility index (Phi) is 5.84. The maximum Gasteiger partial charge on any atom is 0.419 e. The van der Waals surface area contributed by atoms with Gasteiger partial charge in [-0.1, -0.05) is 17.3 Å². The summed E-state index contributed by atoms with van der Waals surface area (Å²) in [4.78, 5) is 1.78. The van der Waals surface area contributed by atoms with Crippen LogP contribution < -0.4 is 4.74 Å². The highest BCUT2D eigenvalue weighted by atomic mass is 19.4. The maximum atomic E-state index is 12.9. The molecule has 1 atom stereocenters. The van der Waals surface area contributed by atoms with E-state index in [1.165, 1.54) is 18.2 Å². The van der Waals surface area contributed by atoms with E-state index < -0.39 is 17.8 Å². The highest BCUT2D eigenvalue weighted by molar-refractivity contribution is 5.35. The number of likely N-dealkylation sites (N-methyl/N-ethyl adjacent to an activating group) is 1. The third kappa shape index (κ3) is 5.24. The lowest BCUT2D eigenvalue weighted by Crippen LogP contribution is -2.33. The number of aromatic nitrogens is 1. The molecule has 0 fully saturated rings. The molecule has 1 heterocycles. The van der Waals surface area contributed by atoms with E-state index in [-0.39, 0.29) is 18.9 Å². The quantitative estimate of drug-likeness (QED) is 0.837. The molecule has 0 radical (unpaired) electrons. The van der Waals surface area contributed by atoms with E-state index >= 15 is 0 Å². The monoisotopic (exact) mass is 344 g/mol. The fourth-order valence-electron chi connectivity index (χ4n) is 2.26. The predicted octanol–water partition coefficient (Wildman–Crippen LogP) is 2.87. The van der Waals surface area contributed by atoms with Gasteiger partial charge in [0.25, 0.3) is 0 Å². The summed E-state index contributed by atoms with van der Waals surface area (Å²) in [7, 11) is 1.76. The van der Waals surface area contributed by atoms with Gasteiger partial charge >= 0.3 is 6.18 Å². The largest absolute Gasteiger partial charge is 0.490 e. The smallest absolute Gasteiger partial charge is 0.419 e. The van der Waals surface area contributed by atoms with Gasteiger partial charge in [0, 0.05) is 19.2 Å². The molecule has 8 heteroatoms. The average Bonchev–Trinajstić information content (AvgIpc) is 2.89. The van der Waals surface area contributed by atoms with Crippen molar-refractivity contribution in [1.29, 1.82) is 0 Å². The third-order valence-electron chi connectivity index (χ3n) is 3.25. The summed E-state index contributed by atoms with van der Waals surface area (Å²) in [6.07, 6.45) is -5.44. The molecule has 0 aliphatic heterocycles. The fraction of sp³-hybridized carbons (Fsp3) is 0.438. The number of aliphatic hydroxyl groups is 1. The van der Waals surface area contributed by atoms with Crippen molar-refractivity contribution in [2.45, 2.75) is 25.7 Å². The minimum Gasteiger partial charge on any atom is -0.490 e. The predicted molar refractivity (Wildman–Crippen MR) is 80.5 cm³/mol. The van der Waals surface area contributed by atoms with E-state index in [0.29, 0.717) is 18.0 Å². The normalized spacial score (nSPS) is 13.3. The summed E-state index contributed by atoms with van der Waals surface area (Å²) in [6, 6.07) is 6.70. The minimum atomic E-state index is -4.50. The van der Waals surface area contributed by atoms with Crippen molar-refractivity contribution in [3.63, 3.8) is 0 Å². The van der Waals surface area contributed by atoms with E-state index in [1.807, 2.05) is 0 Å². The number of benzene rings is 1. The van der Waals surface area contributed by atoms with Crippen LogP contribution in [0.25, 0.3) is 0 Å². The lowest BCUT2D eigenvalue weighted by atomic mass is 10.2. The van der Waals surface area contributed by atoms with Crippen LogP contribution in [-0.4, -0.2) is 41.5 Å².